The molecule has 0 aromatic heterocycles. The number of hydrogen-bond donors (Lipinski definition) is 3. The van der Waals surface area contributed by atoms with Gasteiger partial charge in [0.2, 0.25) is 5.91 Å². The van der Waals surface area contributed by atoms with E-state index in [0.717, 1.165) is 5.56 Å². The van der Waals surface area contributed by atoms with E-state index in [0.29, 0.717) is 19.3 Å². The van der Waals surface area contributed by atoms with E-state index in [9.17, 15) is 19.8 Å². The maximum absolute atomic E-state index is 12.5. The van der Waals surface area contributed by atoms with Crippen molar-refractivity contribution in [1.82, 2.24) is 5.32 Å². The molecule has 0 aliphatic rings. The molecular formula is C18H27NO4. The molecule has 5 heteroatoms. The number of hydrogen-bond acceptors (Lipinski definition) is 3. The van der Waals surface area contributed by atoms with Gasteiger partial charge in [0.1, 0.15) is 6.04 Å². The van der Waals surface area contributed by atoms with E-state index in [1.54, 1.807) is 13.8 Å². The minimum atomic E-state index is -1.04. The molecule has 0 fully saturated rings. The van der Waals surface area contributed by atoms with Gasteiger partial charge in [-0.3, -0.25) is 4.79 Å². The first kappa shape index (κ1) is 19.2. The molecule has 0 saturated carbocycles. The van der Waals surface area contributed by atoms with Crippen LogP contribution in [0, 0.1) is 11.8 Å². The number of carbonyl (C=O) groups excluding carboxylic acids is 1. The molecule has 1 aromatic carbocycles. The smallest absolute Gasteiger partial charge is 0.326 e. The molecule has 23 heavy (non-hydrogen) atoms. The zero-order valence-corrected chi connectivity index (χ0v) is 14.0. The summed E-state index contributed by atoms with van der Waals surface area (Å²) in [7, 11) is 0. The Labute approximate surface area is 137 Å². The van der Waals surface area contributed by atoms with Crippen molar-refractivity contribution in [3.05, 3.63) is 35.9 Å². The lowest BCUT2D eigenvalue weighted by molar-refractivity contribution is -0.144. The summed E-state index contributed by atoms with van der Waals surface area (Å²) >= 11 is 0. The Bertz CT molecular complexity index is 501. The molecule has 3 atom stereocenters. The molecule has 0 spiro atoms. The summed E-state index contributed by atoms with van der Waals surface area (Å²) in [5, 5.41) is 21.8. The van der Waals surface area contributed by atoms with Gasteiger partial charge in [0, 0.05) is 5.92 Å². The fourth-order valence-electron chi connectivity index (χ4n) is 2.46. The average Bonchev–Trinajstić information content (AvgIpc) is 2.51. The van der Waals surface area contributed by atoms with Crippen LogP contribution in [0.2, 0.25) is 0 Å². The van der Waals surface area contributed by atoms with Gasteiger partial charge in [0.25, 0.3) is 0 Å². The summed E-state index contributed by atoms with van der Waals surface area (Å²) in [5.41, 5.74) is 0.993. The number of amides is 1. The fraction of sp³-hybridized carbons (Fsp3) is 0.556. The van der Waals surface area contributed by atoms with Gasteiger partial charge in [-0.25, -0.2) is 4.79 Å². The van der Waals surface area contributed by atoms with Crippen LogP contribution in [0.5, 0.6) is 0 Å². The number of carbonyl (C=O) groups is 2. The summed E-state index contributed by atoms with van der Waals surface area (Å²) in [5.74, 6) is -2.01. The summed E-state index contributed by atoms with van der Waals surface area (Å²) < 4.78 is 0. The van der Waals surface area contributed by atoms with E-state index in [-0.39, 0.29) is 11.8 Å². The summed E-state index contributed by atoms with van der Waals surface area (Å²) in [6.45, 7) is 5.37. The molecule has 3 N–H and O–H groups in total. The highest BCUT2D eigenvalue weighted by atomic mass is 16.4. The van der Waals surface area contributed by atoms with Crippen LogP contribution in [-0.4, -0.2) is 34.2 Å². The van der Waals surface area contributed by atoms with Crippen molar-refractivity contribution in [1.29, 1.82) is 0 Å². The predicted molar refractivity (Wildman–Crippen MR) is 89.0 cm³/mol. The summed E-state index contributed by atoms with van der Waals surface area (Å²) in [6, 6.07) is 8.63. The third-order valence-electron chi connectivity index (χ3n) is 3.95. The van der Waals surface area contributed by atoms with Crippen LogP contribution >= 0.6 is 0 Å². The number of benzene rings is 1. The molecule has 1 amide bonds. The Morgan fingerprint density at radius 1 is 1.17 bits per heavy atom. The van der Waals surface area contributed by atoms with Crippen LogP contribution < -0.4 is 5.32 Å². The van der Waals surface area contributed by atoms with Crippen LogP contribution in [-0.2, 0) is 16.0 Å². The van der Waals surface area contributed by atoms with Crippen molar-refractivity contribution in [2.45, 2.75) is 52.2 Å². The highest BCUT2D eigenvalue weighted by molar-refractivity contribution is 5.85. The van der Waals surface area contributed by atoms with Crippen LogP contribution in [0.15, 0.2) is 30.3 Å². The van der Waals surface area contributed by atoms with Gasteiger partial charge in [0.05, 0.1) is 6.10 Å². The van der Waals surface area contributed by atoms with Gasteiger partial charge in [-0.05, 0) is 30.7 Å². The zero-order chi connectivity index (χ0) is 17.4. The summed E-state index contributed by atoms with van der Waals surface area (Å²) in [4.78, 5) is 23.8. The van der Waals surface area contributed by atoms with Crippen molar-refractivity contribution < 1.29 is 19.8 Å². The van der Waals surface area contributed by atoms with E-state index >= 15 is 0 Å². The molecular weight excluding hydrogens is 294 g/mol. The van der Waals surface area contributed by atoms with Gasteiger partial charge >= 0.3 is 5.97 Å². The standard InChI is InChI=1S/C18H27NO4/c1-4-15(20)11-14(10-13-8-6-5-7-9-13)17(21)19-16(12(2)3)18(22)23/h5-9,12,14-16,20H,4,10-11H2,1-3H3,(H,19,21)(H,22,23)/t14?,15?,16-/m0/s1. The van der Waals surface area contributed by atoms with Gasteiger partial charge in [-0.2, -0.15) is 0 Å². The molecule has 1 aromatic rings. The second-order valence-electron chi connectivity index (χ2n) is 6.25. The molecule has 0 aliphatic carbocycles. The highest BCUT2D eigenvalue weighted by Gasteiger charge is 2.28. The second kappa shape index (κ2) is 9.30. The minimum absolute atomic E-state index is 0.204. The van der Waals surface area contributed by atoms with Crippen LogP contribution in [0.4, 0.5) is 0 Å². The maximum atomic E-state index is 12.5. The lowest BCUT2D eigenvalue weighted by Gasteiger charge is -2.24. The third-order valence-corrected chi connectivity index (χ3v) is 3.95. The molecule has 2 unspecified atom stereocenters. The van der Waals surface area contributed by atoms with E-state index in [2.05, 4.69) is 5.32 Å². The fourth-order valence-corrected chi connectivity index (χ4v) is 2.46. The first-order valence-electron chi connectivity index (χ1n) is 8.10. The number of aliphatic carboxylic acids is 1. The van der Waals surface area contributed by atoms with Crippen molar-refractivity contribution >= 4 is 11.9 Å². The monoisotopic (exact) mass is 321 g/mol. The Morgan fingerprint density at radius 3 is 2.26 bits per heavy atom. The third kappa shape index (κ3) is 6.40. The quantitative estimate of drug-likeness (QED) is 0.651. The molecule has 0 aliphatic heterocycles. The first-order valence-corrected chi connectivity index (χ1v) is 8.10. The molecule has 128 valence electrons. The first-order chi connectivity index (χ1) is 10.8. The SMILES string of the molecule is CCC(O)CC(Cc1ccccc1)C(=O)N[C@H](C(=O)O)C(C)C. The number of aliphatic hydroxyl groups excluding tert-OH is 1. The molecule has 1 rings (SSSR count). The molecule has 0 radical (unpaired) electrons. The average molecular weight is 321 g/mol. The number of nitrogens with one attached hydrogen (secondary N) is 1. The maximum Gasteiger partial charge on any atom is 0.326 e. The lowest BCUT2D eigenvalue weighted by atomic mass is 9.91. The largest absolute Gasteiger partial charge is 0.480 e. The van der Waals surface area contributed by atoms with E-state index < -0.39 is 24.0 Å². The molecule has 0 saturated heterocycles. The Hall–Kier alpha value is -1.88. The van der Waals surface area contributed by atoms with Crippen LogP contribution in [0.1, 0.15) is 39.2 Å². The van der Waals surface area contributed by atoms with Gasteiger partial charge in [-0.15, -0.1) is 0 Å². The Balaban J connectivity index is 2.85. The number of carboxylic acid groups (broad SMARTS) is 1. The zero-order valence-electron chi connectivity index (χ0n) is 14.0. The Kier molecular flexibility index (Phi) is 7.75. The number of aliphatic hydroxyl groups is 1. The lowest BCUT2D eigenvalue weighted by Crippen LogP contribution is -2.47. The second-order valence-corrected chi connectivity index (χ2v) is 6.25. The van der Waals surface area contributed by atoms with Crippen LogP contribution in [0.3, 0.4) is 0 Å². The van der Waals surface area contributed by atoms with Crippen molar-refractivity contribution in [2.75, 3.05) is 0 Å². The normalized spacial score (nSPS) is 15.0. The molecule has 0 heterocycles. The van der Waals surface area contributed by atoms with Crippen molar-refractivity contribution in [3.63, 3.8) is 0 Å². The van der Waals surface area contributed by atoms with Gasteiger partial charge < -0.3 is 15.5 Å². The minimum Gasteiger partial charge on any atom is -0.480 e. The van der Waals surface area contributed by atoms with Crippen molar-refractivity contribution in [2.24, 2.45) is 11.8 Å². The Morgan fingerprint density at radius 2 is 1.78 bits per heavy atom. The van der Waals surface area contributed by atoms with Gasteiger partial charge in [-0.1, -0.05) is 51.1 Å². The summed E-state index contributed by atoms with van der Waals surface area (Å²) in [6.07, 6.45) is 0.790. The van der Waals surface area contributed by atoms with E-state index in [1.807, 2.05) is 37.3 Å². The topological polar surface area (TPSA) is 86.6 Å². The van der Waals surface area contributed by atoms with Gasteiger partial charge in [0.15, 0.2) is 0 Å². The predicted octanol–water partition coefficient (Wildman–Crippen LogP) is 2.23. The highest BCUT2D eigenvalue weighted by Crippen LogP contribution is 2.17. The number of rotatable bonds is 9. The van der Waals surface area contributed by atoms with Crippen molar-refractivity contribution in [3.8, 4) is 0 Å². The number of carboxylic acids is 1. The van der Waals surface area contributed by atoms with E-state index in [1.165, 1.54) is 0 Å². The van der Waals surface area contributed by atoms with E-state index in [4.69, 9.17) is 0 Å². The van der Waals surface area contributed by atoms with Crippen LogP contribution in [0.25, 0.3) is 0 Å². The molecule has 5 nitrogen and oxygen atoms in total. The molecule has 0 bridgehead atoms.